The summed E-state index contributed by atoms with van der Waals surface area (Å²) in [5, 5.41) is 7.29. The zero-order valence-corrected chi connectivity index (χ0v) is 15.5. The van der Waals surface area contributed by atoms with E-state index >= 15 is 0 Å². The van der Waals surface area contributed by atoms with E-state index in [1.54, 1.807) is 18.5 Å². The van der Waals surface area contributed by atoms with Gasteiger partial charge in [0.25, 0.3) is 5.91 Å². The Morgan fingerprint density at radius 3 is 2.64 bits per heavy atom. The van der Waals surface area contributed by atoms with Gasteiger partial charge in [-0.05, 0) is 36.8 Å². The summed E-state index contributed by atoms with van der Waals surface area (Å²) in [4.78, 5) is 21.1. The van der Waals surface area contributed by atoms with Crippen LogP contribution in [0.5, 0.6) is 0 Å². The highest BCUT2D eigenvalue weighted by Crippen LogP contribution is 2.24. The van der Waals surface area contributed by atoms with Crippen LogP contribution < -0.4 is 10.6 Å². The number of hydrogen-bond acceptors (Lipinski definition) is 4. The van der Waals surface area contributed by atoms with Crippen molar-refractivity contribution in [2.45, 2.75) is 13.5 Å². The van der Waals surface area contributed by atoms with E-state index in [-0.39, 0.29) is 5.91 Å². The Hall–Kier alpha value is -3.73. The third-order valence-corrected chi connectivity index (χ3v) is 4.44. The van der Waals surface area contributed by atoms with Gasteiger partial charge in [-0.25, -0.2) is 4.98 Å². The summed E-state index contributed by atoms with van der Waals surface area (Å²) in [6, 6.07) is 21.5. The van der Waals surface area contributed by atoms with Gasteiger partial charge in [0.2, 0.25) is 0 Å². The Balaban J connectivity index is 1.44. The summed E-state index contributed by atoms with van der Waals surface area (Å²) < 4.78 is 0. The Morgan fingerprint density at radius 1 is 0.964 bits per heavy atom. The van der Waals surface area contributed by atoms with Crippen LogP contribution in [0.25, 0.3) is 10.9 Å². The molecule has 4 aromatic rings. The third kappa shape index (κ3) is 3.99. The Morgan fingerprint density at radius 2 is 1.82 bits per heavy atom. The zero-order valence-electron chi connectivity index (χ0n) is 15.5. The fourth-order valence-electron chi connectivity index (χ4n) is 3.06. The molecule has 0 aliphatic carbocycles. The lowest BCUT2D eigenvalue weighted by Gasteiger charge is -2.10. The van der Waals surface area contributed by atoms with Crippen molar-refractivity contribution < 1.29 is 4.79 Å². The van der Waals surface area contributed by atoms with E-state index in [4.69, 9.17) is 0 Å². The molecule has 0 aliphatic heterocycles. The molecule has 2 aromatic heterocycles. The molecule has 0 saturated heterocycles. The van der Waals surface area contributed by atoms with Gasteiger partial charge in [-0.15, -0.1) is 0 Å². The number of nitrogens with zero attached hydrogens (tertiary/aromatic N) is 2. The Kier molecular flexibility index (Phi) is 4.97. The zero-order chi connectivity index (χ0) is 19.3. The first-order valence-corrected chi connectivity index (χ1v) is 9.09. The molecule has 2 aromatic carbocycles. The van der Waals surface area contributed by atoms with E-state index in [1.807, 2.05) is 61.5 Å². The van der Waals surface area contributed by atoms with Crippen molar-refractivity contribution in [3.05, 3.63) is 95.9 Å². The average molecular weight is 368 g/mol. The predicted octanol–water partition coefficient (Wildman–Crippen LogP) is 4.61. The van der Waals surface area contributed by atoms with Crippen molar-refractivity contribution in [2.24, 2.45) is 0 Å². The number of benzene rings is 2. The highest BCUT2D eigenvalue weighted by atomic mass is 16.1. The van der Waals surface area contributed by atoms with Crippen LogP contribution in [0.4, 0.5) is 11.4 Å². The molecule has 1 amide bonds. The van der Waals surface area contributed by atoms with Crippen LogP contribution >= 0.6 is 0 Å². The monoisotopic (exact) mass is 368 g/mol. The number of aromatic nitrogens is 2. The lowest BCUT2D eigenvalue weighted by atomic mass is 10.1. The van der Waals surface area contributed by atoms with Gasteiger partial charge in [0.1, 0.15) is 5.69 Å². The average Bonchev–Trinajstić information content (AvgIpc) is 2.73. The highest BCUT2D eigenvalue weighted by Gasteiger charge is 2.08. The van der Waals surface area contributed by atoms with Gasteiger partial charge in [0.15, 0.2) is 0 Å². The van der Waals surface area contributed by atoms with E-state index in [2.05, 4.69) is 26.7 Å². The van der Waals surface area contributed by atoms with Crippen molar-refractivity contribution in [3.63, 3.8) is 0 Å². The smallest absolute Gasteiger partial charge is 0.270 e. The number of nitrogens with one attached hydrogen (secondary N) is 2. The summed E-state index contributed by atoms with van der Waals surface area (Å²) in [6.45, 7) is 2.51. The highest BCUT2D eigenvalue weighted by molar-refractivity contribution is 5.93. The van der Waals surface area contributed by atoms with Gasteiger partial charge < -0.3 is 10.6 Å². The SMILES string of the molecule is Cc1cccc(CNC(=O)c2ccc(Nc3cccc4cccnc34)cn2)c1. The van der Waals surface area contributed by atoms with E-state index in [9.17, 15) is 4.79 Å². The van der Waals surface area contributed by atoms with Crippen LogP contribution in [-0.4, -0.2) is 15.9 Å². The van der Waals surface area contributed by atoms with Gasteiger partial charge in [0, 0.05) is 18.1 Å². The second-order valence-electron chi connectivity index (χ2n) is 6.61. The molecular weight excluding hydrogens is 348 g/mol. The minimum Gasteiger partial charge on any atom is -0.352 e. The normalized spacial score (nSPS) is 10.6. The number of carbonyl (C=O) groups excluding carboxylic acids is 1. The molecule has 5 heteroatoms. The van der Waals surface area contributed by atoms with Gasteiger partial charge >= 0.3 is 0 Å². The molecule has 28 heavy (non-hydrogen) atoms. The number of anilines is 2. The molecule has 0 bridgehead atoms. The number of rotatable bonds is 5. The fraction of sp³-hybridized carbons (Fsp3) is 0.0870. The maximum Gasteiger partial charge on any atom is 0.270 e. The van der Waals surface area contributed by atoms with Crippen LogP contribution in [0.15, 0.2) is 79.1 Å². The van der Waals surface area contributed by atoms with Crippen molar-refractivity contribution in [2.75, 3.05) is 5.32 Å². The molecule has 0 aliphatic rings. The predicted molar refractivity (Wildman–Crippen MR) is 112 cm³/mol. The van der Waals surface area contributed by atoms with Crippen LogP contribution in [0.1, 0.15) is 21.6 Å². The lowest BCUT2D eigenvalue weighted by molar-refractivity contribution is 0.0946. The number of hydrogen-bond donors (Lipinski definition) is 2. The molecule has 2 N–H and O–H groups in total. The first-order chi connectivity index (χ1) is 13.7. The number of fused-ring (bicyclic) bond motifs is 1. The van der Waals surface area contributed by atoms with Gasteiger partial charge in [-0.1, -0.05) is 48.0 Å². The van der Waals surface area contributed by atoms with E-state index < -0.39 is 0 Å². The molecule has 0 atom stereocenters. The summed E-state index contributed by atoms with van der Waals surface area (Å²) in [5.74, 6) is -0.195. The molecule has 0 spiro atoms. The van der Waals surface area contributed by atoms with E-state index in [1.165, 1.54) is 5.56 Å². The standard InChI is InChI=1S/C23H20N4O/c1-16-5-2-6-17(13-16)14-26-23(28)21-11-10-19(15-25-21)27-20-9-3-7-18-8-4-12-24-22(18)20/h2-13,15,27H,14H2,1H3,(H,26,28). The molecule has 4 rings (SSSR count). The van der Waals surface area contributed by atoms with Crippen molar-refractivity contribution in [1.82, 2.24) is 15.3 Å². The molecule has 0 saturated carbocycles. The minimum absolute atomic E-state index is 0.195. The Bertz CT molecular complexity index is 1120. The number of aryl methyl sites for hydroxylation is 1. The molecule has 0 fully saturated rings. The number of para-hydroxylation sites is 1. The summed E-state index contributed by atoms with van der Waals surface area (Å²) in [7, 11) is 0. The second-order valence-corrected chi connectivity index (χ2v) is 6.61. The van der Waals surface area contributed by atoms with Crippen LogP contribution in [0, 0.1) is 6.92 Å². The van der Waals surface area contributed by atoms with Crippen LogP contribution in [0.2, 0.25) is 0 Å². The summed E-state index contributed by atoms with van der Waals surface area (Å²) in [5.41, 5.74) is 5.21. The van der Waals surface area contributed by atoms with Crippen LogP contribution in [-0.2, 0) is 6.54 Å². The number of pyridine rings is 2. The second kappa shape index (κ2) is 7.88. The maximum atomic E-state index is 12.3. The van der Waals surface area contributed by atoms with Gasteiger partial charge in [-0.2, -0.15) is 0 Å². The summed E-state index contributed by atoms with van der Waals surface area (Å²) in [6.07, 6.45) is 3.43. The third-order valence-electron chi connectivity index (χ3n) is 4.44. The van der Waals surface area contributed by atoms with Crippen LogP contribution in [0.3, 0.4) is 0 Å². The first-order valence-electron chi connectivity index (χ1n) is 9.09. The Labute approximate surface area is 163 Å². The fourth-order valence-corrected chi connectivity index (χ4v) is 3.06. The number of amides is 1. The largest absolute Gasteiger partial charge is 0.352 e. The molecule has 5 nitrogen and oxygen atoms in total. The molecule has 0 radical (unpaired) electrons. The molecule has 0 unspecified atom stereocenters. The van der Waals surface area contributed by atoms with E-state index in [0.29, 0.717) is 12.2 Å². The molecular formula is C23H20N4O. The lowest BCUT2D eigenvalue weighted by Crippen LogP contribution is -2.23. The van der Waals surface area contributed by atoms with Crippen molar-refractivity contribution in [1.29, 1.82) is 0 Å². The molecule has 2 heterocycles. The topological polar surface area (TPSA) is 66.9 Å². The van der Waals surface area contributed by atoms with Gasteiger partial charge in [-0.3, -0.25) is 9.78 Å². The minimum atomic E-state index is -0.195. The maximum absolute atomic E-state index is 12.3. The quantitative estimate of drug-likeness (QED) is 0.540. The van der Waals surface area contributed by atoms with Gasteiger partial charge in [0.05, 0.1) is 23.1 Å². The van der Waals surface area contributed by atoms with E-state index in [0.717, 1.165) is 27.8 Å². The number of carbonyl (C=O) groups is 1. The summed E-state index contributed by atoms with van der Waals surface area (Å²) >= 11 is 0. The molecule has 138 valence electrons. The first kappa shape index (κ1) is 17.7. The van der Waals surface area contributed by atoms with Crippen molar-refractivity contribution in [3.8, 4) is 0 Å². The van der Waals surface area contributed by atoms with Crippen molar-refractivity contribution >= 4 is 28.2 Å².